The van der Waals surface area contributed by atoms with Crippen LogP contribution in [0.25, 0.3) is 10.2 Å². The van der Waals surface area contributed by atoms with Gasteiger partial charge in [0.15, 0.2) is 0 Å². The number of nitrogens with zero attached hydrogens (tertiary/aromatic N) is 2. The van der Waals surface area contributed by atoms with Crippen molar-refractivity contribution in [1.82, 2.24) is 20.7 Å². The lowest BCUT2D eigenvalue weighted by Gasteiger charge is -2.33. The lowest BCUT2D eigenvalue weighted by Crippen LogP contribution is -2.49. The summed E-state index contributed by atoms with van der Waals surface area (Å²) in [5.41, 5.74) is 7.23. The first-order valence-electron chi connectivity index (χ1n) is 9.72. The summed E-state index contributed by atoms with van der Waals surface area (Å²) in [4.78, 5) is 20.6. The summed E-state index contributed by atoms with van der Waals surface area (Å²) in [5.74, 6) is 0.168. The Labute approximate surface area is 181 Å². The fourth-order valence-electron chi connectivity index (χ4n) is 3.90. The van der Waals surface area contributed by atoms with E-state index in [1.807, 2.05) is 29.2 Å². The van der Waals surface area contributed by atoms with Crippen molar-refractivity contribution in [3.63, 3.8) is 0 Å². The number of para-hydroxylation sites is 1. The average molecular weight is 449 g/mol. The fourth-order valence-corrected chi connectivity index (χ4v) is 5.87. The van der Waals surface area contributed by atoms with Crippen LogP contribution in [0, 0.1) is 0 Å². The molecule has 3 aromatic rings. The predicted molar refractivity (Wildman–Crippen MR) is 117 cm³/mol. The van der Waals surface area contributed by atoms with Gasteiger partial charge in [0.1, 0.15) is 17.7 Å². The molecular weight excluding hydrogens is 428 g/mol. The summed E-state index contributed by atoms with van der Waals surface area (Å²) in [6, 6.07) is 9.94. The number of nitrogens with one attached hydrogen (secondary N) is 2. The van der Waals surface area contributed by atoms with Gasteiger partial charge in [0, 0.05) is 30.8 Å². The largest absolute Gasteiger partial charge is 0.467 e. The van der Waals surface area contributed by atoms with Crippen molar-refractivity contribution < 1.29 is 9.53 Å². The molecule has 1 aromatic carbocycles. The number of fused-ring (bicyclic) bond motifs is 1. The van der Waals surface area contributed by atoms with E-state index in [1.54, 1.807) is 11.3 Å². The van der Waals surface area contributed by atoms with E-state index in [1.165, 1.54) is 16.2 Å². The summed E-state index contributed by atoms with van der Waals surface area (Å²) in [7, 11) is 0. The van der Waals surface area contributed by atoms with Gasteiger partial charge in [-0.15, -0.1) is 11.3 Å². The minimum absolute atomic E-state index is 0.0758. The molecule has 1 amide bonds. The number of aromatic nitrogens is 1. The Bertz CT molecular complexity index is 1000. The monoisotopic (exact) mass is 448 g/mol. The first kappa shape index (κ1) is 19.3. The highest BCUT2D eigenvalue weighted by Crippen LogP contribution is 2.33. The van der Waals surface area contributed by atoms with Crippen LogP contribution in [0.5, 0.6) is 5.19 Å². The topological polar surface area (TPSA) is 66.5 Å². The normalized spacial score (nSPS) is 23.0. The molecule has 0 bridgehead atoms. The highest BCUT2D eigenvalue weighted by molar-refractivity contribution is 7.20. The van der Waals surface area contributed by atoms with Crippen molar-refractivity contribution in [3.8, 4) is 5.19 Å². The van der Waals surface area contributed by atoms with Crippen molar-refractivity contribution >= 4 is 50.4 Å². The van der Waals surface area contributed by atoms with E-state index in [0.717, 1.165) is 29.5 Å². The Hall–Kier alpha value is -1.71. The first-order chi connectivity index (χ1) is 14.2. The van der Waals surface area contributed by atoms with Crippen LogP contribution in [0.3, 0.4) is 0 Å². The van der Waals surface area contributed by atoms with Crippen LogP contribution < -0.4 is 15.6 Å². The number of thiophene rings is 1. The zero-order valence-electron chi connectivity index (χ0n) is 15.6. The SMILES string of the molecule is O=C(C1CC(c2cccs2)NN1)N1CCC(Oc2nc3c(Cl)cccc3s2)CC1. The van der Waals surface area contributed by atoms with Crippen LogP contribution in [0.2, 0.25) is 5.02 Å². The van der Waals surface area contributed by atoms with Gasteiger partial charge in [0.2, 0.25) is 5.91 Å². The van der Waals surface area contributed by atoms with Crippen molar-refractivity contribution in [2.75, 3.05) is 13.1 Å². The second kappa shape index (κ2) is 8.20. The molecule has 2 unspecified atom stereocenters. The summed E-state index contributed by atoms with van der Waals surface area (Å²) in [6.07, 6.45) is 2.47. The number of benzene rings is 1. The van der Waals surface area contributed by atoms with Gasteiger partial charge in [-0.3, -0.25) is 4.79 Å². The lowest BCUT2D eigenvalue weighted by molar-refractivity contribution is -0.135. The standard InChI is InChI=1S/C20H21ClN4O2S2/c21-13-3-1-4-17-18(13)22-20(29-17)27-12-6-8-25(9-7-12)19(26)15-11-14(23-24-15)16-5-2-10-28-16/h1-5,10,12,14-15,23-24H,6-9,11H2. The number of ether oxygens (including phenoxy) is 1. The zero-order valence-corrected chi connectivity index (χ0v) is 18.0. The van der Waals surface area contributed by atoms with Gasteiger partial charge in [-0.2, -0.15) is 0 Å². The molecule has 2 saturated heterocycles. The Morgan fingerprint density at radius 2 is 2.07 bits per heavy atom. The lowest BCUT2D eigenvalue weighted by atomic mass is 10.0. The third kappa shape index (κ3) is 4.00. The number of hydrazine groups is 1. The summed E-state index contributed by atoms with van der Waals surface area (Å²) >= 11 is 9.44. The molecule has 2 atom stereocenters. The van der Waals surface area contributed by atoms with Crippen molar-refractivity contribution in [2.24, 2.45) is 0 Å². The molecule has 5 rings (SSSR count). The number of likely N-dealkylation sites (tertiary alicyclic amines) is 1. The van der Waals surface area contributed by atoms with Crippen LogP contribution in [0.15, 0.2) is 35.7 Å². The number of hydrogen-bond acceptors (Lipinski definition) is 7. The van der Waals surface area contributed by atoms with Gasteiger partial charge in [-0.05, 0) is 30.0 Å². The first-order valence-corrected chi connectivity index (χ1v) is 11.8. The molecule has 152 valence electrons. The van der Waals surface area contributed by atoms with Gasteiger partial charge in [-0.25, -0.2) is 15.8 Å². The van der Waals surface area contributed by atoms with E-state index >= 15 is 0 Å². The molecule has 2 aliphatic heterocycles. The summed E-state index contributed by atoms with van der Waals surface area (Å²) in [6.45, 7) is 1.41. The third-order valence-corrected chi connectivity index (χ3v) is 7.66. The van der Waals surface area contributed by atoms with Crippen molar-refractivity contribution in [3.05, 3.63) is 45.6 Å². The Morgan fingerprint density at radius 1 is 1.21 bits per heavy atom. The number of amides is 1. The molecule has 2 aromatic heterocycles. The van der Waals surface area contributed by atoms with Gasteiger partial charge in [0.25, 0.3) is 5.19 Å². The van der Waals surface area contributed by atoms with E-state index in [9.17, 15) is 4.79 Å². The van der Waals surface area contributed by atoms with E-state index in [-0.39, 0.29) is 24.1 Å². The van der Waals surface area contributed by atoms with Crippen LogP contribution in [0.4, 0.5) is 0 Å². The quantitative estimate of drug-likeness (QED) is 0.631. The maximum absolute atomic E-state index is 12.9. The second-order valence-electron chi connectivity index (χ2n) is 7.35. The number of halogens is 1. The molecule has 2 fully saturated rings. The highest BCUT2D eigenvalue weighted by atomic mass is 35.5. The second-order valence-corrected chi connectivity index (χ2v) is 9.73. The molecule has 0 saturated carbocycles. The van der Waals surface area contributed by atoms with Crippen molar-refractivity contribution in [1.29, 1.82) is 0 Å². The number of piperidine rings is 1. The molecule has 29 heavy (non-hydrogen) atoms. The minimum atomic E-state index is -0.175. The number of carbonyl (C=O) groups is 1. The Kier molecular flexibility index (Phi) is 5.45. The smallest absolute Gasteiger partial charge is 0.274 e. The molecule has 0 aliphatic carbocycles. The van der Waals surface area contributed by atoms with Gasteiger partial charge in [-0.1, -0.05) is 35.1 Å². The maximum Gasteiger partial charge on any atom is 0.274 e. The zero-order chi connectivity index (χ0) is 19.8. The number of thiazole rings is 1. The summed E-state index contributed by atoms with van der Waals surface area (Å²) < 4.78 is 7.13. The van der Waals surface area contributed by atoms with Crippen LogP contribution in [-0.4, -0.2) is 41.0 Å². The molecule has 4 heterocycles. The highest BCUT2D eigenvalue weighted by Gasteiger charge is 2.35. The van der Waals surface area contributed by atoms with Gasteiger partial charge < -0.3 is 9.64 Å². The van der Waals surface area contributed by atoms with Crippen LogP contribution in [0.1, 0.15) is 30.2 Å². The maximum atomic E-state index is 12.9. The van der Waals surface area contributed by atoms with Gasteiger partial charge >= 0.3 is 0 Å². The molecule has 0 spiro atoms. The van der Waals surface area contributed by atoms with Gasteiger partial charge in [0.05, 0.1) is 15.8 Å². The van der Waals surface area contributed by atoms with E-state index < -0.39 is 0 Å². The Balaban J connectivity index is 1.15. The molecule has 0 radical (unpaired) electrons. The third-order valence-electron chi connectivity index (χ3n) is 5.46. The molecule has 2 aliphatic rings. The van der Waals surface area contributed by atoms with Crippen LogP contribution >= 0.6 is 34.3 Å². The van der Waals surface area contributed by atoms with E-state index in [0.29, 0.717) is 23.3 Å². The molecule has 6 nitrogen and oxygen atoms in total. The Morgan fingerprint density at radius 3 is 2.83 bits per heavy atom. The minimum Gasteiger partial charge on any atom is -0.467 e. The van der Waals surface area contributed by atoms with Crippen LogP contribution in [-0.2, 0) is 4.79 Å². The number of hydrogen-bond donors (Lipinski definition) is 2. The molecular formula is C20H21ClN4O2S2. The number of carbonyl (C=O) groups excluding carboxylic acids is 1. The number of rotatable bonds is 4. The average Bonchev–Trinajstić information content (AvgIpc) is 3.48. The predicted octanol–water partition coefficient (Wildman–Crippen LogP) is 3.99. The van der Waals surface area contributed by atoms with E-state index in [2.05, 4.69) is 27.3 Å². The molecule has 9 heteroatoms. The van der Waals surface area contributed by atoms with E-state index in [4.69, 9.17) is 16.3 Å². The fraction of sp³-hybridized carbons (Fsp3) is 0.400. The van der Waals surface area contributed by atoms with Crippen molar-refractivity contribution in [2.45, 2.75) is 37.5 Å². The summed E-state index contributed by atoms with van der Waals surface area (Å²) in [5, 5.41) is 3.36. The molecule has 2 N–H and O–H groups in total.